The van der Waals surface area contributed by atoms with E-state index in [-0.39, 0.29) is 12.0 Å². The van der Waals surface area contributed by atoms with Crippen molar-refractivity contribution in [3.63, 3.8) is 0 Å². The summed E-state index contributed by atoms with van der Waals surface area (Å²) in [5, 5.41) is 13.1. The van der Waals surface area contributed by atoms with Gasteiger partial charge in [0.1, 0.15) is 0 Å². The monoisotopic (exact) mass is 332 g/mol. The van der Waals surface area contributed by atoms with E-state index in [2.05, 4.69) is 68.2 Å². The molecule has 0 spiro atoms. The van der Waals surface area contributed by atoms with Crippen molar-refractivity contribution in [1.82, 2.24) is 10.2 Å². The van der Waals surface area contributed by atoms with Gasteiger partial charge in [0.25, 0.3) is 0 Å². The molecule has 0 aliphatic carbocycles. The summed E-state index contributed by atoms with van der Waals surface area (Å²) >= 11 is 0. The number of aliphatic hydroxyl groups is 1. The molecule has 1 aromatic rings. The maximum atomic E-state index is 9.40. The largest absolute Gasteiger partial charge is 0.396 e. The van der Waals surface area contributed by atoms with Crippen molar-refractivity contribution in [2.24, 2.45) is 16.7 Å². The molecule has 24 heavy (non-hydrogen) atoms. The first kappa shape index (κ1) is 19.4. The second-order valence-corrected chi connectivity index (χ2v) is 8.56. The minimum atomic E-state index is 0.270. The molecule has 1 saturated heterocycles. The first-order chi connectivity index (χ1) is 11.4. The van der Waals surface area contributed by atoms with Crippen LogP contribution in [0.25, 0.3) is 0 Å². The highest BCUT2D eigenvalue weighted by Crippen LogP contribution is 2.45. The van der Waals surface area contributed by atoms with Gasteiger partial charge in [-0.05, 0) is 36.3 Å². The SMILES string of the molecule is CCC(CO)CNCC1(C(C)(C)C)CCN(Cc2ccccc2)C1. The Bertz CT molecular complexity index is 478. The second-order valence-electron chi connectivity index (χ2n) is 8.56. The highest BCUT2D eigenvalue weighted by Gasteiger charge is 2.46. The molecule has 2 N–H and O–H groups in total. The Labute approximate surface area is 148 Å². The van der Waals surface area contributed by atoms with E-state index in [1.807, 2.05) is 0 Å². The van der Waals surface area contributed by atoms with E-state index in [1.54, 1.807) is 0 Å². The lowest BCUT2D eigenvalue weighted by Crippen LogP contribution is -2.47. The van der Waals surface area contributed by atoms with Crippen LogP contribution in [0.5, 0.6) is 0 Å². The van der Waals surface area contributed by atoms with Crippen LogP contribution in [-0.4, -0.2) is 42.8 Å². The maximum absolute atomic E-state index is 9.40. The summed E-state index contributed by atoms with van der Waals surface area (Å²) < 4.78 is 0. The third kappa shape index (κ3) is 4.81. The molecule has 136 valence electrons. The van der Waals surface area contributed by atoms with E-state index in [1.165, 1.54) is 18.5 Å². The highest BCUT2D eigenvalue weighted by molar-refractivity contribution is 5.15. The molecular weight excluding hydrogens is 296 g/mol. The number of nitrogens with zero attached hydrogens (tertiary/aromatic N) is 1. The Balaban J connectivity index is 1.97. The molecule has 1 aromatic carbocycles. The van der Waals surface area contributed by atoms with Crippen molar-refractivity contribution in [2.45, 2.75) is 47.1 Å². The molecule has 0 bridgehead atoms. The minimum Gasteiger partial charge on any atom is -0.396 e. The summed E-state index contributed by atoms with van der Waals surface area (Å²) in [4.78, 5) is 2.60. The lowest BCUT2D eigenvalue weighted by molar-refractivity contribution is 0.0869. The second kappa shape index (κ2) is 8.46. The van der Waals surface area contributed by atoms with E-state index in [9.17, 15) is 5.11 Å². The average molecular weight is 333 g/mol. The lowest BCUT2D eigenvalue weighted by Gasteiger charge is -2.42. The van der Waals surface area contributed by atoms with Gasteiger partial charge >= 0.3 is 0 Å². The lowest BCUT2D eigenvalue weighted by atomic mass is 9.66. The number of aliphatic hydroxyl groups excluding tert-OH is 1. The molecule has 2 atom stereocenters. The van der Waals surface area contributed by atoms with Gasteiger partial charge in [-0.15, -0.1) is 0 Å². The molecule has 2 rings (SSSR count). The summed E-state index contributed by atoms with van der Waals surface area (Å²) in [6.07, 6.45) is 2.28. The van der Waals surface area contributed by atoms with E-state index >= 15 is 0 Å². The summed E-state index contributed by atoms with van der Waals surface area (Å²) in [6.45, 7) is 14.9. The van der Waals surface area contributed by atoms with Crippen molar-refractivity contribution >= 4 is 0 Å². The molecule has 1 aliphatic rings. The van der Waals surface area contributed by atoms with Crippen LogP contribution in [0.2, 0.25) is 0 Å². The molecule has 0 aromatic heterocycles. The van der Waals surface area contributed by atoms with Gasteiger partial charge in [0, 0.05) is 38.2 Å². The number of rotatable bonds is 8. The molecule has 1 heterocycles. The van der Waals surface area contributed by atoms with Crippen LogP contribution in [0.3, 0.4) is 0 Å². The van der Waals surface area contributed by atoms with E-state index in [0.29, 0.717) is 11.3 Å². The van der Waals surface area contributed by atoms with Crippen LogP contribution in [0.4, 0.5) is 0 Å². The Kier molecular flexibility index (Phi) is 6.85. The molecular formula is C21H36N2O. The number of benzene rings is 1. The zero-order chi connectivity index (χ0) is 17.6. The summed E-state index contributed by atoms with van der Waals surface area (Å²) in [6, 6.07) is 10.8. The third-order valence-corrected chi connectivity index (χ3v) is 6.00. The first-order valence-corrected chi connectivity index (χ1v) is 9.48. The van der Waals surface area contributed by atoms with Gasteiger partial charge < -0.3 is 10.4 Å². The van der Waals surface area contributed by atoms with Gasteiger partial charge in [-0.1, -0.05) is 58.0 Å². The fourth-order valence-corrected chi connectivity index (χ4v) is 3.81. The van der Waals surface area contributed by atoms with Crippen molar-refractivity contribution in [2.75, 3.05) is 32.8 Å². The van der Waals surface area contributed by atoms with Crippen LogP contribution < -0.4 is 5.32 Å². The third-order valence-electron chi connectivity index (χ3n) is 6.00. The van der Waals surface area contributed by atoms with Crippen molar-refractivity contribution < 1.29 is 5.11 Å². The Morgan fingerprint density at radius 3 is 2.54 bits per heavy atom. The number of likely N-dealkylation sites (tertiary alicyclic amines) is 1. The number of nitrogens with one attached hydrogen (secondary N) is 1. The van der Waals surface area contributed by atoms with Gasteiger partial charge in [0.2, 0.25) is 0 Å². The van der Waals surface area contributed by atoms with Crippen LogP contribution in [0.15, 0.2) is 30.3 Å². The molecule has 0 saturated carbocycles. The van der Waals surface area contributed by atoms with Gasteiger partial charge in [-0.3, -0.25) is 4.90 Å². The molecule has 1 fully saturated rings. The Morgan fingerprint density at radius 1 is 1.25 bits per heavy atom. The number of hydrogen-bond donors (Lipinski definition) is 2. The Morgan fingerprint density at radius 2 is 1.96 bits per heavy atom. The van der Waals surface area contributed by atoms with E-state index in [4.69, 9.17) is 0 Å². The quantitative estimate of drug-likeness (QED) is 0.764. The summed E-state index contributed by atoms with van der Waals surface area (Å²) in [5.41, 5.74) is 1.98. The van der Waals surface area contributed by atoms with Gasteiger partial charge in [0.05, 0.1) is 0 Å². The fraction of sp³-hybridized carbons (Fsp3) is 0.714. The van der Waals surface area contributed by atoms with Crippen LogP contribution in [0.1, 0.15) is 46.1 Å². The summed E-state index contributed by atoms with van der Waals surface area (Å²) in [5.74, 6) is 0.379. The summed E-state index contributed by atoms with van der Waals surface area (Å²) in [7, 11) is 0. The molecule has 3 heteroatoms. The van der Waals surface area contributed by atoms with Gasteiger partial charge in [-0.25, -0.2) is 0 Å². The molecule has 2 unspecified atom stereocenters. The fourth-order valence-electron chi connectivity index (χ4n) is 3.81. The molecule has 0 radical (unpaired) electrons. The van der Waals surface area contributed by atoms with Crippen LogP contribution >= 0.6 is 0 Å². The Hall–Kier alpha value is -0.900. The highest BCUT2D eigenvalue weighted by atomic mass is 16.3. The predicted octanol–water partition coefficient (Wildman–Crippen LogP) is 3.53. The van der Waals surface area contributed by atoms with Gasteiger partial charge in [0.15, 0.2) is 0 Å². The van der Waals surface area contributed by atoms with E-state index in [0.717, 1.165) is 32.6 Å². The van der Waals surface area contributed by atoms with Crippen LogP contribution in [-0.2, 0) is 6.54 Å². The average Bonchev–Trinajstić information content (AvgIpc) is 2.97. The molecule has 3 nitrogen and oxygen atoms in total. The topological polar surface area (TPSA) is 35.5 Å². The van der Waals surface area contributed by atoms with Gasteiger partial charge in [-0.2, -0.15) is 0 Å². The normalized spacial score (nSPS) is 23.5. The molecule has 1 aliphatic heterocycles. The molecule has 0 amide bonds. The zero-order valence-electron chi connectivity index (χ0n) is 16.0. The van der Waals surface area contributed by atoms with Crippen molar-refractivity contribution in [3.05, 3.63) is 35.9 Å². The van der Waals surface area contributed by atoms with Crippen LogP contribution in [0, 0.1) is 16.7 Å². The van der Waals surface area contributed by atoms with Crippen molar-refractivity contribution in [3.8, 4) is 0 Å². The van der Waals surface area contributed by atoms with Crippen molar-refractivity contribution in [1.29, 1.82) is 0 Å². The first-order valence-electron chi connectivity index (χ1n) is 9.48. The zero-order valence-corrected chi connectivity index (χ0v) is 16.0. The maximum Gasteiger partial charge on any atom is 0.0471 e. The smallest absolute Gasteiger partial charge is 0.0471 e. The van der Waals surface area contributed by atoms with E-state index < -0.39 is 0 Å². The minimum absolute atomic E-state index is 0.270. The predicted molar refractivity (Wildman–Crippen MR) is 102 cm³/mol. The standard InChI is InChI=1S/C21H36N2O/c1-5-18(15-24)13-22-16-21(20(2,3)4)11-12-23(17-21)14-19-9-7-6-8-10-19/h6-10,18,22,24H,5,11-17H2,1-4H3. The number of hydrogen-bond acceptors (Lipinski definition) is 3.